The van der Waals surface area contributed by atoms with E-state index in [1.807, 2.05) is 6.92 Å². The molecule has 0 unspecified atom stereocenters. The summed E-state index contributed by atoms with van der Waals surface area (Å²) in [6.07, 6.45) is 18.3. The fourth-order valence-electron chi connectivity index (χ4n) is 3.16. The van der Waals surface area contributed by atoms with Crippen LogP contribution in [0.3, 0.4) is 0 Å². The van der Waals surface area contributed by atoms with E-state index in [0.717, 1.165) is 31.3 Å². The van der Waals surface area contributed by atoms with Crippen molar-refractivity contribution < 1.29 is 19.8 Å². The first-order chi connectivity index (χ1) is 12.4. The Bertz CT molecular complexity index is 412. The van der Waals surface area contributed by atoms with Gasteiger partial charge in [-0.25, -0.2) is 4.79 Å². The van der Waals surface area contributed by atoms with Crippen LogP contribution in [0.4, 0.5) is 0 Å². The number of hydrogen-bond donors (Lipinski definition) is 2. The summed E-state index contributed by atoms with van der Waals surface area (Å²) in [5, 5.41) is 17.5. The lowest BCUT2D eigenvalue weighted by Gasteiger charge is -2.05. The number of carboxylic acids is 2. The fourth-order valence-corrected chi connectivity index (χ4v) is 3.16. The van der Waals surface area contributed by atoms with Crippen molar-refractivity contribution in [3.8, 4) is 0 Å². The Morgan fingerprint density at radius 1 is 0.538 bits per heavy atom. The third kappa shape index (κ3) is 16.2. The third-order valence-electron chi connectivity index (χ3n) is 5.15. The van der Waals surface area contributed by atoms with Crippen molar-refractivity contribution in [2.45, 2.75) is 117 Å². The van der Waals surface area contributed by atoms with Crippen LogP contribution in [0.1, 0.15) is 117 Å². The van der Waals surface area contributed by atoms with E-state index in [0.29, 0.717) is 12.0 Å². The maximum absolute atomic E-state index is 10.8. The predicted molar refractivity (Wildman–Crippen MR) is 108 cm³/mol. The number of hydrogen-bond acceptors (Lipinski definition) is 2. The van der Waals surface area contributed by atoms with Crippen molar-refractivity contribution in [3.05, 3.63) is 11.1 Å². The lowest BCUT2D eigenvalue weighted by atomic mass is 10.0. The molecule has 0 aliphatic rings. The molecule has 0 radical (unpaired) electrons. The highest BCUT2D eigenvalue weighted by molar-refractivity contribution is 5.86. The van der Waals surface area contributed by atoms with Crippen molar-refractivity contribution in [2.24, 2.45) is 0 Å². The topological polar surface area (TPSA) is 74.6 Å². The first-order valence-electron chi connectivity index (χ1n) is 10.6. The largest absolute Gasteiger partial charge is 0.481 e. The van der Waals surface area contributed by atoms with E-state index in [1.54, 1.807) is 6.92 Å². The minimum Gasteiger partial charge on any atom is -0.481 e. The monoisotopic (exact) mass is 368 g/mol. The molecule has 0 aromatic carbocycles. The Labute approximate surface area is 160 Å². The maximum atomic E-state index is 10.8. The van der Waals surface area contributed by atoms with Crippen LogP contribution in [-0.2, 0) is 9.59 Å². The summed E-state index contributed by atoms with van der Waals surface area (Å²) < 4.78 is 0. The molecule has 4 nitrogen and oxygen atoms in total. The molecule has 0 aliphatic carbocycles. The van der Waals surface area contributed by atoms with Crippen molar-refractivity contribution in [1.29, 1.82) is 0 Å². The highest BCUT2D eigenvalue weighted by Crippen LogP contribution is 2.16. The van der Waals surface area contributed by atoms with Crippen molar-refractivity contribution >= 4 is 11.9 Å². The smallest absolute Gasteiger partial charge is 0.331 e. The second-order valence-electron chi connectivity index (χ2n) is 7.55. The molecule has 26 heavy (non-hydrogen) atoms. The van der Waals surface area contributed by atoms with E-state index >= 15 is 0 Å². The van der Waals surface area contributed by atoms with Crippen LogP contribution in [0, 0.1) is 0 Å². The summed E-state index contributed by atoms with van der Waals surface area (Å²) >= 11 is 0. The van der Waals surface area contributed by atoms with Gasteiger partial charge in [0.2, 0.25) is 0 Å². The molecule has 0 spiro atoms. The Morgan fingerprint density at radius 2 is 0.846 bits per heavy atom. The SMILES string of the molecule is CC(CCCCCCCCCCCCCCCCC(=O)O)=C(C)C(=O)O. The van der Waals surface area contributed by atoms with Crippen LogP contribution >= 0.6 is 0 Å². The second-order valence-corrected chi connectivity index (χ2v) is 7.55. The normalized spacial score (nSPS) is 12.1. The summed E-state index contributed by atoms with van der Waals surface area (Å²) in [6, 6.07) is 0. The van der Waals surface area contributed by atoms with Crippen molar-refractivity contribution in [2.75, 3.05) is 0 Å². The standard InChI is InChI=1S/C22H40O4/c1-19(20(2)22(25)26)17-15-13-11-9-7-5-3-4-6-8-10-12-14-16-18-21(23)24/h3-18H2,1-2H3,(H,23,24)(H,25,26). The first kappa shape index (κ1) is 24.7. The third-order valence-corrected chi connectivity index (χ3v) is 5.15. The van der Waals surface area contributed by atoms with Crippen LogP contribution in [0.5, 0.6) is 0 Å². The second kappa shape index (κ2) is 17.1. The molecule has 0 aromatic rings. The Kier molecular flexibility index (Phi) is 16.2. The van der Waals surface area contributed by atoms with E-state index in [9.17, 15) is 9.59 Å². The Morgan fingerprint density at radius 3 is 1.15 bits per heavy atom. The first-order valence-corrected chi connectivity index (χ1v) is 10.6. The van der Waals surface area contributed by atoms with Gasteiger partial charge in [-0.15, -0.1) is 0 Å². The van der Waals surface area contributed by atoms with E-state index < -0.39 is 11.9 Å². The zero-order valence-electron chi connectivity index (χ0n) is 17.0. The lowest BCUT2D eigenvalue weighted by Crippen LogP contribution is -1.99. The number of unbranched alkanes of at least 4 members (excludes halogenated alkanes) is 13. The highest BCUT2D eigenvalue weighted by atomic mass is 16.4. The van der Waals surface area contributed by atoms with Gasteiger partial charge in [0.1, 0.15) is 0 Å². The number of carboxylic acid groups (broad SMARTS) is 2. The summed E-state index contributed by atoms with van der Waals surface area (Å²) in [6.45, 7) is 3.62. The molecule has 2 N–H and O–H groups in total. The minimum absolute atomic E-state index is 0.318. The molecule has 0 saturated carbocycles. The highest BCUT2D eigenvalue weighted by Gasteiger charge is 2.04. The fraction of sp³-hybridized carbons (Fsp3) is 0.818. The average molecular weight is 369 g/mol. The Balaban J connectivity index is 3.24. The van der Waals surface area contributed by atoms with Gasteiger partial charge in [0.15, 0.2) is 0 Å². The van der Waals surface area contributed by atoms with Gasteiger partial charge in [-0.2, -0.15) is 0 Å². The lowest BCUT2D eigenvalue weighted by molar-refractivity contribution is -0.137. The van der Waals surface area contributed by atoms with Gasteiger partial charge in [-0.3, -0.25) is 4.79 Å². The minimum atomic E-state index is -0.791. The van der Waals surface area contributed by atoms with Crippen LogP contribution in [0.2, 0.25) is 0 Å². The van der Waals surface area contributed by atoms with Gasteiger partial charge in [-0.05, 0) is 33.1 Å². The zero-order chi connectivity index (χ0) is 19.6. The molecule has 0 aliphatic heterocycles. The molecule has 0 amide bonds. The number of allylic oxidation sites excluding steroid dienone is 1. The van der Waals surface area contributed by atoms with Gasteiger partial charge in [0.05, 0.1) is 0 Å². The van der Waals surface area contributed by atoms with Gasteiger partial charge in [-0.1, -0.05) is 82.6 Å². The molecule has 152 valence electrons. The molecule has 0 atom stereocenters. The summed E-state index contributed by atoms with van der Waals surface area (Å²) in [5.41, 5.74) is 1.52. The van der Waals surface area contributed by atoms with Crippen LogP contribution < -0.4 is 0 Å². The molecule has 0 saturated heterocycles. The quantitative estimate of drug-likeness (QED) is 0.208. The molecule has 0 heterocycles. The van der Waals surface area contributed by atoms with Crippen molar-refractivity contribution in [1.82, 2.24) is 0 Å². The van der Waals surface area contributed by atoms with E-state index in [-0.39, 0.29) is 0 Å². The van der Waals surface area contributed by atoms with Gasteiger partial charge in [0.25, 0.3) is 0 Å². The number of carbonyl (C=O) groups is 2. The summed E-state index contributed by atoms with van der Waals surface area (Å²) in [7, 11) is 0. The molecule has 4 heteroatoms. The maximum Gasteiger partial charge on any atom is 0.331 e. The summed E-state index contributed by atoms with van der Waals surface area (Å²) in [4.78, 5) is 21.2. The molecular weight excluding hydrogens is 328 g/mol. The van der Waals surface area contributed by atoms with Gasteiger partial charge >= 0.3 is 11.9 Å². The molecule has 0 rings (SSSR count). The van der Waals surface area contributed by atoms with E-state index in [1.165, 1.54) is 70.6 Å². The molecule has 0 bridgehead atoms. The van der Waals surface area contributed by atoms with E-state index in [2.05, 4.69) is 0 Å². The van der Waals surface area contributed by atoms with Gasteiger partial charge in [0, 0.05) is 12.0 Å². The predicted octanol–water partition coefficient (Wildman–Crippen LogP) is 6.73. The van der Waals surface area contributed by atoms with Gasteiger partial charge < -0.3 is 10.2 Å². The molecular formula is C22H40O4. The summed E-state index contributed by atoms with van der Waals surface area (Å²) in [5.74, 6) is -1.47. The van der Waals surface area contributed by atoms with Crippen molar-refractivity contribution in [3.63, 3.8) is 0 Å². The Hall–Kier alpha value is -1.32. The van der Waals surface area contributed by atoms with E-state index in [4.69, 9.17) is 10.2 Å². The van der Waals surface area contributed by atoms with Crippen LogP contribution in [0.25, 0.3) is 0 Å². The zero-order valence-corrected chi connectivity index (χ0v) is 17.0. The molecule has 0 aromatic heterocycles. The average Bonchev–Trinajstić information content (AvgIpc) is 2.60. The van der Waals surface area contributed by atoms with Crippen LogP contribution in [-0.4, -0.2) is 22.2 Å². The number of rotatable bonds is 18. The number of aliphatic carboxylic acids is 2. The van der Waals surface area contributed by atoms with Crippen LogP contribution in [0.15, 0.2) is 11.1 Å². The molecule has 0 fully saturated rings.